The maximum absolute atomic E-state index is 10.7. The van der Waals surface area contributed by atoms with Gasteiger partial charge in [-0.2, -0.15) is 0 Å². The Morgan fingerprint density at radius 1 is 1.38 bits per heavy atom. The van der Waals surface area contributed by atoms with Crippen molar-refractivity contribution in [3.63, 3.8) is 0 Å². The van der Waals surface area contributed by atoms with Crippen molar-refractivity contribution >= 4 is 23.7 Å². The Morgan fingerprint density at radius 3 is 2.08 bits per heavy atom. The normalized spacial score (nSPS) is 13.8. The van der Waals surface area contributed by atoms with Crippen LogP contribution in [0.2, 0.25) is 0 Å². The standard InChI is InChI=1S/C8H14O4S/c1-4-5(6(9)10)13-8(2,3)7(11)12/h5H,4H2,1-3H3,(H,9,10)(H,11,12). The van der Waals surface area contributed by atoms with Gasteiger partial charge in [0.1, 0.15) is 10.00 Å². The quantitative estimate of drug-likeness (QED) is 0.712. The van der Waals surface area contributed by atoms with E-state index in [1.807, 2.05) is 0 Å². The smallest absolute Gasteiger partial charge is 0.319 e. The van der Waals surface area contributed by atoms with Crippen LogP contribution in [0.1, 0.15) is 27.2 Å². The van der Waals surface area contributed by atoms with E-state index < -0.39 is 21.9 Å². The van der Waals surface area contributed by atoms with E-state index in [4.69, 9.17) is 10.2 Å². The number of hydrogen-bond acceptors (Lipinski definition) is 3. The van der Waals surface area contributed by atoms with Gasteiger partial charge in [-0.05, 0) is 20.3 Å². The summed E-state index contributed by atoms with van der Waals surface area (Å²) >= 11 is 0.964. The molecule has 0 amide bonds. The molecule has 76 valence electrons. The molecular weight excluding hydrogens is 192 g/mol. The van der Waals surface area contributed by atoms with Crippen molar-refractivity contribution in [1.82, 2.24) is 0 Å². The van der Waals surface area contributed by atoms with E-state index in [0.717, 1.165) is 11.8 Å². The lowest BCUT2D eigenvalue weighted by atomic mass is 10.2. The van der Waals surface area contributed by atoms with Crippen LogP contribution in [0.3, 0.4) is 0 Å². The predicted octanol–water partition coefficient (Wildman–Crippen LogP) is 1.45. The van der Waals surface area contributed by atoms with Crippen LogP contribution in [0.4, 0.5) is 0 Å². The largest absolute Gasteiger partial charge is 0.480 e. The first-order chi connectivity index (χ1) is 5.81. The minimum Gasteiger partial charge on any atom is -0.480 e. The number of thioether (sulfide) groups is 1. The van der Waals surface area contributed by atoms with E-state index >= 15 is 0 Å². The minimum absolute atomic E-state index is 0.427. The Morgan fingerprint density at radius 2 is 1.85 bits per heavy atom. The maximum Gasteiger partial charge on any atom is 0.319 e. The van der Waals surface area contributed by atoms with Crippen LogP contribution in [-0.2, 0) is 9.59 Å². The van der Waals surface area contributed by atoms with Gasteiger partial charge in [-0.3, -0.25) is 9.59 Å². The van der Waals surface area contributed by atoms with Crippen LogP contribution in [0.5, 0.6) is 0 Å². The fraction of sp³-hybridized carbons (Fsp3) is 0.750. The summed E-state index contributed by atoms with van der Waals surface area (Å²) in [4.78, 5) is 21.3. The summed E-state index contributed by atoms with van der Waals surface area (Å²) in [6, 6.07) is 0. The van der Waals surface area contributed by atoms with Crippen LogP contribution in [-0.4, -0.2) is 32.1 Å². The highest BCUT2D eigenvalue weighted by atomic mass is 32.2. The second-order valence-corrected chi connectivity index (χ2v) is 4.99. The molecule has 13 heavy (non-hydrogen) atoms. The first-order valence-corrected chi connectivity index (χ1v) is 4.83. The third-order valence-electron chi connectivity index (χ3n) is 1.60. The van der Waals surface area contributed by atoms with E-state index in [2.05, 4.69) is 0 Å². The third kappa shape index (κ3) is 3.67. The van der Waals surface area contributed by atoms with Crippen molar-refractivity contribution < 1.29 is 19.8 Å². The summed E-state index contributed by atoms with van der Waals surface area (Å²) in [6.07, 6.45) is 0.427. The maximum atomic E-state index is 10.7. The minimum atomic E-state index is -1.04. The molecule has 0 aromatic carbocycles. The van der Waals surface area contributed by atoms with Crippen molar-refractivity contribution in [2.75, 3.05) is 0 Å². The monoisotopic (exact) mass is 206 g/mol. The number of carboxylic acids is 2. The van der Waals surface area contributed by atoms with Crippen LogP contribution in [0, 0.1) is 0 Å². The Balaban J connectivity index is 4.39. The van der Waals surface area contributed by atoms with E-state index in [9.17, 15) is 9.59 Å². The van der Waals surface area contributed by atoms with Crippen molar-refractivity contribution in [3.8, 4) is 0 Å². The van der Waals surface area contributed by atoms with Crippen molar-refractivity contribution in [3.05, 3.63) is 0 Å². The average Bonchev–Trinajstić information content (AvgIpc) is 1.99. The highest BCUT2D eigenvalue weighted by Crippen LogP contribution is 2.30. The van der Waals surface area contributed by atoms with Crippen molar-refractivity contribution in [2.24, 2.45) is 0 Å². The van der Waals surface area contributed by atoms with Crippen LogP contribution in [0.25, 0.3) is 0 Å². The average molecular weight is 206 g/mol. The molecule has 1 atom stereocenters. The number of aliphatic carboxylic acids is 2. The van der Waals surface area contributed by atoms with Crippen molar-refractivity contribution in [1.29, 1.82) is 0 Å². The molecule has 0 heterocycles. The zero-order valence-corrected chi connectivity index (χ0v) is 8.72. The highest BCUT2D eigenvalue weighted by Gasteiger charge is 2.33. The Labute approximate surface area is 81.3 Å². The topological polar surface area (TPSA) is 74.6 Å². The molecule has 0 aliphatic rings. The molecule has 0 saturated carbocycles. The molecule has 0 fully saturated rings. The molecule has 4 nitrogen and oxygen atoms in total. The van der Waals surface area contributed by atoms with Crippen molar-refractivity contribution in [2.45, 2.75) is 37.2 Å². The molecular formula is C8H14O4S. The number of hydrogen-bond donors (Lipinski definition) is 2. The molecule has 0 aromatic heterocycles. The second kappa shape index (κ2) is 4.50. The molecule has 0 saturated heterocycles. The molecule has 0 rings (SSSR count). The molecule has 2 N–H and O–H groups in total. The van der Waals surface area contributed by atoms with Gasteiger partial charge in [0.2, 0.25) is 0 Å². The lowest BCUT2D eigenvalue weighted by Crippen LogP contribution is -2.32. The van der Waals surface area contributed by atoms with Crippen LogP contribution < -0.4 is 0 Å². The highest BCUT2D eigenvalue weighted by molar-refractivity contribution is 8.02. The van der Waals surface area contributed by atoms with E-state index in [0.29, 0.717) is 6.42 Å². The number of rotatable bonds is 5. The lowest BCUT2D eigenvalue weighted by molar-refractivity contribution is -0.138. The first-order valence-electron chi connectivity index (χ1n) is 3.95. The molecule has 0 aliphatic heterocycles. The Bertz CT molecular complexity index is 212. The summed E-state index contributed by atoms with van der Waals surface area (Å²) in [6.45, 7) is 4.74. The number of carboxylic acid groups (broad SMARTS) is 2. The molecule has 0 spiro atoms. The van der Waals surface area contributed by atoms with Gasteiger partial charge in [-0.15, -0.1) is 11.8 Å². The molecule has 0 bridgehead atoms. The van der Waals surface area contributed by atoms with E-state index in [1.54, 1.807) is 6.92 Å². The number of carbonyl (C=O) groups is 2. The summed E-state index contributed by atoms with van der Waals surface area (Å²) in [5.41, 5.74) is 0. The van der Waals surface area contributed by atoms with Gasteiger partial charge < -0.3 is 10.2 Å². The predicted molar refractivity (Wildman–Crippen MR) is 51.0 cm³/mol. The summed E-state index contributed by atoms with van der Waals surface area (Å²) in [5, 5.41) is 16.8. The lowest BCUT2D eigenvalue weighted by Gasteiger charge is -2.22. The van der Waals surface area contributed by atoms with E-state index in [-0.39, 0.29) is 0 Å². The molecule has 1 unspecified atom stereocenters. The van der Waals surface area contributed by atoms with Gasteiger partial charge in [0, 0.05) is 0 Å². The Kier molecular flexibility index (Phi) is 4.26. The molecule has 5 heteroatoms. The third-order valence-corrected chi connectivity index (χ3v) is 3.18. The zero-order valence-electron chi connectivity index (χ0n) is 7.90. The van der Waals surface area contributed by atoms with Crippen LogP contribution in [0.15, 0.2) is 0 Å². The van der Waals surface area contributed by atoms with Crippen LogP contribution >= 0.6 is 11.8 Å². The SMILES string of the molecule is CCC(SC(C)(C)C(=O)O)C(=O)O. The summed E-state index contributed by atoms with van der Waals surface area (Å²) in [7, 11) is 0. The van der Waals surface area contributed by atoms with Gasteiger partial charge in [0.25, 0.3) is 0 Å². The fourth-order valence-electron chi connectivity index (χ4n) is 0.714. The second-order valence-electron chi connectivity index (χ2n) is 3.17. The van der Waals surface area contributed by atoms with Gasteiger partial charge in [0.05, 0.1) is 0 Å². The zero-order chi connectivity index (χ0) is 10.6. The van der Waals surface area contributed by atoms with Gasteiger partial charge in [-0.1, -0.05) is 6.92 Å². The summed E-state index contributed by atoms with van der Waals surface area (Å²) < 4.78 is -1.04. The summed E-state index contributed by atoms with van der Waals surface area (Å²) in [5.74, 6) is -1.95. The Hall–Kier alpha value is -0.710. The van der Waals surface area contributed by atoms with Gasteiger partial charge >= 0.3 is 11.9 Å². The first kappa shape index (κ1) is 12.3. The fourth-order valence-corrected chi connectivity index (χ4v) is 1.79. The van der Waals surface area contributed by atoms with E-state index in [1.165, 1.54) is 13.8 Å². The van der Waals surface area contributed by atoms with Gasteiger partial charge in [0.15, 0.2) is 0 Å². The molecule has 0 aromatic rings. The molecule has 0 radical (unpaired) electrons. The van der Waals surface area contributed by atoms with Gasteiger partial charge in [-0.25, -0.2) is 0 Å². The molecule has 0 aliphatic carbocycles.